The van der Waals surface area contributed by atoms with Gasteiger partial charge in [-0.15, -0.1) is 0 Å². The summed E-state index contributed by atoms with van der Waals surface area (Å²) >= 11 is 0. The highest BCUT2D eigenvalue weighted by Crippen LogP contribution is 2.44. The summed E-state index contributed by atoms with van der Waals surface area (Å²) in [7, 11) is 0. The third-order valence-electron chi connectivity index (χ3n) is 4.47. The first-order chi connectivity index (χ1) is 7.96. The van der Waals surface area contributed by atoms with Gasteiger partial charge >= 0.3 is 5.97 Å². The Balaban J connectivity index is 2.08. The largest absolute Gasteiger partial charge is 0.481 e. The zero-order valence-corrected chi connectivity index (χ0v) is 10.7. The van der Waals surface area contributed by atoms with E-state index in [4.69, 9.17) is 9.47 Å². The maximum atomic E-state index is 11.3. The van der Waals surface area contributed by atoms with Crippen molar-refractivity contribution in [1.82, 2.24) is 0 Å². The molecule has 1 atom stereocenters. The molecule has 2 saturated heterocycles. The summed E-state index contributed by atoms with van der Waals surface area (Å²) in [5.74, 6) is -0.501. The monoisotopic (exact) mass is 242 g/mol. The normalized spacial score (nSPS) is 29.2. The van der Waals surface area contributed by atoms with Crippen LogP contribution in [0.5, 0.6) is 0 Å². The number of aliphatic carboxylic acids is 1. The van der Waals surface area contributed by atoms with Gasteiger partial charge in [0.2, 0.25) is 0 Å². The molecule has 0 aromatic rings. The number of carboxylic acids is 1. The fraction of sp³-hybridized carbons (Fsp3) is 0.923. The van der Waals surface area contributed by atoms with Crippen LogP contribution < -0.4 is 0 Å². The van der Waals surface area contributed by atoms with Gasteiger partial charge in [0.25, 0.3) is 0 Å². The standard InChI is InChI=1S/C13H22O4/c1-12(2,11(14)15)10-3-6-17-13(9-10)4-7-16-8-5-13/h10H,3-9H2,1-2H3,(H,14,15). The number of carbonyl (C=O) groups is 1. The first-order valence-electron chi connectivity index (χ1n) is 6.41. The highest BCUT2D eigenvalue weighted by molar-refractivity contribution is 5.74. The van der Waals surface area contributed by atoms with Gasteiger partial charge in [-0.2, -0.15) is 0 Å². The second-order valence-corrected chi connectivity index (χ2v) is 5.86. The third-order valence-corrected chi connectivity index (χ3v) is 4.47. The van der Waals surface area contributed by atoms with Gasteiger partial charge in [0.05, 0.1) is 11.0 Å². The second-order valence-electron chi connectivity index (χ2n) is 5.86. The maximum Gasteiger partial charge on any atom is 0.309 e. The van der Waals surface area contributed by atoms with Crippen molar-refractivity contribution in [3.8, 4) is 0 Å². The lowest BCUT2D eigenvalue weighted by Crippen LogP contribution is -2.48. The van der Waals surface area contributed by atoms with Crippen LogP contribution in [0.1, 0.15) is 39.5 Å². The van der Waals surface area contributed by atoms with Crippen LogP contribution in [-0.4, -0.2) is 36.5 Å². The van der Waals surface area contributed by atoms with Crippen molar-refractivity contribution in [2.45, 2.75) is 45.1 Å². The van der Waals surface area contributed by atoms with Crippen LogP contribution in [0.25, 0.3) is 0 Å². The number of hydrogen-bond donors (Lipinski definition) is 1. The van der Waals surface area contributed by atoms with E-state index >= 15 is 0 Å². The van der Waals surface area contributed by atoms with E-state index in [1.54, 1.807) is 0 Å². The maximum absolute atomic E-state index is 11.3. The molecule has 1 spiro atoms. The lowest BCUT2D eigenvalue weighted by molar-refractivity contribution is -0.172. The molecule has 98 valence electrons. The fourth-order valence-electron chi connectivity index (χ4n) is 2.91. The molecule has 0 aliphatic carbocycles. The van der Waals surface area contributed by atoms with Gasteiger partial charge in [-0.3, -0.25) is 4.79 Å². The quantitative estimate of drug-likeness (QED) is 0.805. The summed E-state index contributed by atoms with van der Waals surface area (Å²) in [6.45, 7) is 5.82. The van der Waals surface area contributed by atoms with Gasteiger partial charge in [-0.25, -0.2) is 0 Å². The zero-order valence-electron chi connectivity index (χ0n) is 10.7. The van der Waals surface area contributed by atoms with Crippen molar-refractivity contribution in [1.29, 1.82) is 0 Å². The smallest absolute Gasteiger partial charge is 0.309 e. The third kappa shape index (κ3) is 2.47. The van der Waals surface area contributed by atoms with Crippen LogP contribution in [0, 0.1) is 11.3 Å². The van der Waals surface area contributed by atoms with Crippen LogP contribution in [-0.2, 0) is 14.3 Å². The Morgan fingerprint density at radius 1 is 1.29 bits per heavy atom. The van der Waals surface area contributed by atoms with E-state index < -0.39 is 11.4 Å². The van der Waals surface area contributed by atoms with Gasteiger partial charge in [0, 0.05) is 19.8 Å². The van der Waals surface area contributed by atoms with Gasteiger partial charge in [-0.05, 0) is 45.4 Å². The molecule has 0 saturated carbocycles. The molecular formula is C13H22O4. The molecule has 17 heavy (non-hydrogen) atoms. The Bertz CT molecular complexity index is 286. The van der Waals surface area contributed by atoms with E-state index in [1.165, 1.54) is 0 Å². The van der Waals surface area contributed by atoms with Gasteiger partial charge in [0.1, 0.15) is 0 Å². The SMILES string of the molecule is CC(C)(C(=O)O)C1CCOC2(CCOCC2)C1. The summed E-state index contributed by atoms with van der Waals surface area (Å²) in [6.07, 6.45) is 3.51. The minimum Gasteiger partial charge on any atom is -0.481 e. The molecule has 0 bridgehead atoms. The van der Waals surface area contributed by atoms with E-state index in [1.807, 2.05) is 13.8 Å². The van der Waals surface area contributed by atoms with E-state index in [-0.39, 0.29) is 11.5 Å². The number of hydrogen-bond acceptors (Lipinski definition) is 3. The Morgan fingerprint density at radius 2 is 1.94 bits per heavy atom. The molecule has 4 nitrogen and oxygen atoms in total. The van der Waals surface area contributed by atoms with Crippen LogP contribution in [0.3, 0.4) is 0 Å². The molecule has 2 aliphatic heterocycles. The molecule has 1 N–H and O–H groups in total. The highest BCUT2D eigenvalue weighted by Gasteiger charge is 2.46. The lowest BCUT2D eigenvalue weighted by atomic mass is 9.69. The van der Waals surface area contributed by atoms with Crippen LogP contribution >= 0.6 is 0 Å². The summed E-state index contributed by atoms with van der Waals surface area (Å²) in [5, 5.41) is 9.31. The van der Waals surface area contributed by atoms with Crippen LogP contribution in [0.4, 0.5) is 0 Å². The van der Waals surface area contributed by atoms with Crippen molar-refractivity contribution < 1.29 is 19.4 Å². The van der Waals surface area contributed by atoms with E-state index in [0.29, 0.717) is 6.61 Å². The topological polar surface area (TPSA) is 55.8 Å². The second kappa shape index (κ2) is 4.58. The Morgan fingerprint density at radius 3 is 2.53 bits per heavy atom. The van der Waals surface area contributed by atoms with Crippen LogP contribution in [0.2, 0.25) is 0 Å². The number of ether oxygens (including phenoxy) is 2. The molecule has 0 aromatic carbocycles. The molecular weight excluding hydrogens is 220 g/mol. The summed E-state index contributed by atoms with van der Waals surface area (Å²) in [4.78, 5) is 11.3. The predicted molar refractivity (Wildman–Crippen MR) is 62.9 cm³/mol. The average Bonchev–Trinajstić information content (AvgIpc) is 2.30. The fourth-order valence-corrected chi connectivity index (χ4v) is 2.91. The van der Waals surface area contributed by atoms with Crippen molar-refractivity contribution in [3.05, 3.63) is 0 Å². The molecule has 0 radical (unpaired) electrons. The van der Waals surface area contributed by atoms with Crippen molar-refractivity contribution in [2.75, 3.05) is 19.8 Å². The zero-order chi connectivity index (χ0) is 12.5. The molecule has 4 heteroatoms. The summed E-state index contributed by atoms with van der Waals surface area (Å²) in [5.41, 5.74) is -0.775. The van der Waals surface area contributed by atoms with E-state index in [9.17, 15) is 9.90 Å². The molecule has 2 fully saturated rings. The Hall–Kier alpha value is -0.610. The van der Waals surface area contributed by atoms with Crippen LogP contribution in [0.15, 0.2) is 0 Å². The Labute approximate surface area is 102 Å². The number of rotatable bonds is 2. The average molecular weight is 242 g/mol. The first-order valence-corrected chi connectivity index (χ1v) is 6.41. The van der Waals surface area contributed by atoms with Crippen molar-refractivity contribution in [3.63, 3.8) is 0 Å². The highest BCUT2D eigenvalue weighted by atomic mass is 16.5. The molecule has 2 aliphatic rings. The molecule has 1 unspecified atom stereocenters. The number of carboxylic acid groups (broad SMARTS) is 1. The van der Waals surface area contributed by atoms with Crippen molar-refractivity contribution >= 4 is 5.97 Å². The van der Waals surface area contributed by atoms with Gasteiger partial charge in [0.15, 0.2) is 0 Å². The predicted octanol–water partition coefficient (Wildman–Crippen LogP) is 2.07. The molecule has 2 rings (SSSR count). The lowest BCUT2D eigenvalue weighted by Gasteiger charge is -2.46. The van der Waals surface area contributed by atoms with Crippen molar-refractivity contribution in [2.24, 2.45) is 11.3 Å². The first kappa shape index (κ1) is 12.8. The van der Waals surface area contributed by atoms with E-state index in [2.05, 4.69) is 0 Å². The molecule has 0 amide bonds. The summed E-state index contributed by atoms with van der Waals surface area (Å²) < 4.78 is 11.3. The Kier molecular flexibility index (Phi) is 3.46. The van der Waals surface area contributed by atoms with Gasteiger partial charge < -0.3 is 14.6 Å². The van der Waals surface area contributed by atoms with Gasteiger partial charge in [-0.1, -0.05) is 0 Å². The molecule has 0 aromatic heterocycles. The molecule has 2 heterocycles. The summed E-state index contributed by atoms with van der Waals surface area (Å²) in [6, 6.07) is 0. The van der Waals surface area contributed by atoms with E-state index in [0.717, 1.165) is 38.9 Å². The minimum absolute atomic E-state index is 0.117. The minimum atomic E-state index is -0.702.